The van der Waals surface area contributed by atoms with Crippen molar-refractivity contribution in [2.24, 2.45) is 5.92 Å². The second kappa shape index (κ2) is 4.60. The number of carboxylic acid groups (broad SMARTS) is 1. The Morgan fingerprint density at radius 3 is 2.89 bits per heavy atom. The maximum Gasteiger partial charge on any atom is 0.308 e. The van der Waals surface area contributed by atoms with Gasteiger partial charge in [0.15, 0.2) is 0 Å². The van der Waals surface area contributed by atoms with Gasteiger partial charge in [-0.3, -0.25) is 9.69 Å². The van der Waals surface area contributed by atoms with Crippen LogP contribution in [0.3, 0.4) is 0 Å². The van der Waals surface area contributed by atoms with E-state index in [1.807, 2.05) is 13.0 Å². The Morgan fingerprint density at radius 1 is 1.47 bits per heavy atom. The van der Waals surface area contributed by atoms with Crippen molar-refractivity contribution in [2.75, 3.05) is 0 Å². The Morgan fingerprint density at radius 2 is 2.26 bits per heavy atom. The van der Waals surface area contributed by atoms with Crippen molar-refractivity contribution in [2.45, 2.75) is 44.3 Å². The van der Waals surface area contributed by atoms with Gasteiger partial charge >= 0.3 is 5.97 Å². The van der Waals surface area contributed by atoms with E-state index in [-0.39, 0.29) is 23.8 Å². The van der Waals surface area contributed by atoms with Crippen LogP contribution in [0.15, 0.2) is 24.3 Å². The monoisotopic (exact) mass is 263 g/mol. The number of hydrogen-bond donors (Lipinski definition) is 1. The van der Waals surface area contributed by atoms with Gasteiger partial charge in [-0.25, -0.2) is 4.39 Å². The van der Waals surface area contributed by atoms with E-state index in [1.165, 1.54) is 6.07 Å². The van der Waals surface area contributed by atoms with Crippen LogP contribution in [0.5, 0.6) is 0 Å². The summed E-state index contributed by atoms with van der Waals surface area (Å²) in [5.41, 5.74) is 0.933. The molecular formula is C15H18FNO2. The van der Waals surface area contributed by atoms with E-state index in [0.717, 1.165) is 24.8 Å². The summed E-state index contributed by atoms with van der Waals surface area (Å²) in [7, 11) is 0. The molecule has 0 saturated carbocycles. The Labute approximate surface area is 112 Å². The van der Waals surface area contributed by atoms with E-state index in [1.54, 1.807) is 12.1 Å². The number of rotatable bonds is 3. The third-order valence-electron chi connectivity index (χ3n) is 4.69. The lowest BCUT2D eigenvalue weighted by Crippen LogP contribution is -2.35. The number of benzene rings is 1. The molecule has 3 nitrogen and oxygen atoms in total. The molecule has 102 valence electrons. The summed E-state index contributed by atoms with van der Waals surface area (Å²) < 4.78 is 13.3. The van der Waals surface area contributed by atoms with Crippen molar-refractivity contribution in [1.82, 2.24) is 4.90 Å². The van der Waals surface area contributed by atoms with Crippen molar-refractivity contribution in [3.05, 3.63) is 35.6 Å². The van der Waals surface area contributed by atoms with Crippen molar-refractivity contribution < 1.29 is 14.3 Å². The van der Waals surface area contributed by atoms with Crippen LogP contribution in [-0.4, -0.2) is 28.1 Å². The van der Waals surface area contributed by atoms with Crippen molar-refractivity contribution in [1.29, 1.82) is 0 Å². The molecular weight excluding hydrogens is 245 g/mol. The molecule has 0 amide bonds. The first kappa shape index (κ1) is 12.6. The lowest BCUT2D eigenvalue weighted by atomic mass is 9.89. The minimum atomic E-state index is -0.691. The quantitative estimate of drug-likeness (QED) is 0.911. The number of nitrogens with zero attached hydrogens (tertiary/aromatic N) is 1. The number of carboxylic acids is 1. The molecule has 4 atom stereocenters. The first-order valence-corrected chi connectivity index (χ1v) is 6.83. The fraction of sp³-hybridized carbons (Fsp3) is 0.533. The lowest BCUT2D eigenvalue weighted by Gasteiger charge is -2.30. The summed E-state index contributed by atoms with van der Waals surface area (Å²) in [6.45, 7) is 2.05. The van der Waals surface area contributed by atoms with Gasteiger partial charge in [0.1, 0.15) is 5.82 Å². The average molecular weight is 263 g/mol. The summed E-state index contributed by atoms with van der Waals surface area (Å²) >= 11 is 0. The Balaban J connectivity index is 1.85. The minimum Gasteiger partial charge on any atom is -0.481 e. The number of hydrogen-bond acceptors (Lipinski definition) is 2. The number of halogens is 1. The zero-order valence-electron chi connectivity index (χ0n) is 10.9. The summed E-state index contributed by atoms with van der Waals surface area (Å²) in [5.74, 6) is -1.18. The van der Waals surface area contributed by atoms with Gasteiger partial charge in [0, 0.05) is 18.1 Å². The molecule has 0 radical (unpaired) electrons. The van der Waals surface area contributed by atoms with Crippen LogP contribution in [-0.2, 0) is 4.79 Å². The first-order valence-electron chi connectivity index (χ1n) is 6.83. The molecule has 0 aliphatic carbocycles. The normalized spacial score (nSPS) is 31.6. The van der Waals surface area contributed by atoms with E-state index in [0.29, 0.717) is 6.04 Å². The van der Waals surface area contributed by atoms with Crippen LogP contribution in [0, 0.1) is 11.7 Å². The molecule has 19 heavy (non-hydrogen) atoms. The first-order chi connectivity index (χ1) is 9.08. The second-order valence-electron chi connectivity index (χ2n) is 5.66. The van der Waals surface area contributed by atoms with Gasteiger partial charge in [-0.2, -0.15) is 0 Å². The highest BCUT2D eigenvalue weighted by molar-refractivity contribution is 5.71. The highest BCUT2D eigenvalue weighted by Crippen LogP contribution is 2.46. The smallest absolute Gasteiger partial charge is 0.308 e. The maximum atomic E-state index is 13.3. The average Bonchev–Trinajstić information content (AvgIpc) is 2.95. The number of fused-ring (bicyclic) bond motifs is 2. The van der Waals surface area contributed by atoms with Crippen molar-refractivity contribution in [3.8, 4) is 0 Å². The van der Waals surface area contributed by atoms with Crippen molar-refractivity contribution >= 4 is 5.97 Å². The predicted molar refractivity (Wildman–Crippen MR) is 69.2 cm³/mol. The molecule has 3 rings (SSSR count). The van der Waals surface area contributed by atoms with E-state index in [9.17, 15) is 14.3 Å². The summed E-state index contributed by atoms with van der Waals surface area (Å²) in [5, 5.41) is 9.26. The van der Waals surface area contributed by atoms with Crippen LogP contribution in [0.2, 0.25) is 0 Å². The standard InChI is InChI=1S/C15H18FNO2/c1-9(10-3-2-4-11(16)7-10)17-12-5-6-14(17)13(8-12)15(18)19/h2-4,7,9,12-14H,5-6,8H2,1H3,(H,18,19). The van der Waals surface area contributed by atoms with Gasteiger partial charge in [0.25, 0.3) is 0 Å². The fourth-order valence-electron chi connectivity index (χ4n) is 3.84. The van der Waals surface area contributed by atoms with E-state index < -0.39 is 5.97 Å². The van der Waals surface area contributed by atoms with Gasteiger partial charge in [-0.1, -0.05) is 12.1 Å². The molecule has 4 heteroatoms. The molecule has 2 fully saturated rings. The molecule has 1 aromatic carbocycles. The minimum absolute atomic E-state index is 0.0811. The molecule has 4 unspecified atom stereocenters. The maximum absolute atomic E-state index is 13.3. The molecule has 0 aromatic heterocycles. The van der Waals surface area contributed by atoms with Crippen LogP contribution < -0.4 is 0 Å². The second-order valence-corrected chi connectivity index (χ2v) is 5.66. The largest absolute Gasteiger partial charge is 0.481 e. The Bertz CT molecular complexity index is 505. The molecule has 2 aliphatic rings. The van der Waals surface area contributed by atoms with Gasteiger partial charge in [-0.15, -0.1) is 0 Å². The highest BCUT2D eigenvalue weighted by Gasteiger charge is 2.50. The van der Waals surface area contributed by atoms with E-state index in [2.05, 4.69) is 4.90 Å². The van der Waals surface area contributed by atoms with Crippen LogP contribution in [0.4, 0.5) is 4.39 Å². The van der Waals surface area contributed by atoms with Crippen LogP contribution >= 0.6 is 0 Å². The predicted octanol–water partition coefficient (Wildman–Crippen LogP) is 2.82. The third kappa shape index (κ3) is 2.04. The highest BCUT2D eigenvalue weighted by atomic mass is 19.1. The van der Waals surface area contributed by atoms with Gasteiger partial charge < -0.3 is 5.11 Å². The molecule has 2 heterocycles. The van der Waals surface area contributed by atoms with E-state index >= 15 is 0 Å². The fourth-order valence-corrected chi connectivity index (χ4v) is 3.84. The molecule has 1 aromatic rings. The van der Waals surface area contributed by atoms with Gasteiger partial charge in [0.2, 0.25) is 0 Å². The number of carbonyl (C=O) groups is 1. The summed E-state index contributed by atoms with van der Waals surface area (Å²) in [4.78, 5) is 13.5. The van der Waals surface area contributed by atoms with Crippen molar-refractivity contribution in [3.63, 3.8) is 0 Å². The lowest BCUT2D eigenvalue weighted by molar-refractivity contribution is -0.142. The molecule has 0 spiro atoms. The molecule has 2 aliphatic heterocycles. The third-order valence-corrected chi connectivity index (χ3v) is 4.69. The number of aliphatic carboxylic acids is 1. The molecule has 1 N–H and O–H groups in total. The Kier molecular flexibility index (Phi) is 3.05. The van der Waals surface area contributed by atoms with Crippen LogP contribution in [0.25, 0.3) is 0 Å². The zero-order chi connectivity index (χ0) is 13.6. The van der Waals surface area contributed by atoms with Crippen LogP contribution in [0.1, 0.15) is 37.8 Å². The SMILES string of the molecule is CC(c1cccc(F)c1)N1C2CCC1C(C(=O)O)C2. The molecule has 2 saturated heterocycles. The zero-order valence-corrected chi connectivity index (χ0v) is 10.9. The van der Waals surface area contributed by atoms with Gasteiger partial charge in [0.05, 0.1) is 5.92 Å². The van der Waals surface area contributed by atoms with Gasteiger partial charge in [-0.05, 0) is 43.9 Å². The summed E-state index contributed by atoms with van der Waals surface area (Å²) in [6, 6.07) is 7.16. The topological polar surface area (TPSA) is 40.5 Å². The van der Waals surface area contributed by atoms with E-state index in [4.69, 9.17) is 0 Å². The Hall–Kier alpha value is -1.42. The summed E-state index contributed by atoms with van der Waals surface area (Å²) in [6.07, 6.45) is 2.75. The molecule has 2 bridgehead atoms.